The number of carbonyl (C=O) groups excluding carboxylic acids is 4. The first-order valence-corrected chi connectivity index (χ1v) is 43.7. The highest BCUT2D eigenvalue weighted by atomic mass is 31.2. The number of aliphatic hydroxyl groups is 1. The van der Waals surface area contributed by atoms with Crippen LogP contribution in [0.3, 0.4) is 0 Å². The fraction of sp³-hybridized carbons (Fsp3) is 0.949. The fourth-order valence-electron chi connectivity index (χ4n) is 12.1. The molecule has 0 saturated carbocycles. The van der Waals surface area contributed by atoms with Gasteiger partial charge in [0.25, 0.3) is 0 Å². The molecule has 0 aliphatic heterocycles. The molecule has 0 bridgehead atoms. The molecule has 0 rings (SSSR count). The molecule has 0 amide bonds. The zero-order valence-corrected chi connectivity index (χ0v) is 66.2. The van der Waals surface area contributed by atoms with E-state index in [1.807, 2.05) is 0 Å². The molecule has 0 radical (unpaired) electrons. The summed E-state index contributed by atoms with van der Waals surface area (Å²) in [7, 11) is -9.92. The van der Waals surface area contributed by atoms with Gasteiger partial charge in [-0.25, -0.2) is 9.13 Å². The third-order valence-electron chi connectivity index (χ3n) is 18.3. The largest absolute Gasteiger partial charge is 0.472 e. The van der Waals surface area contributed by atoms with Crippen molar-refractivity contribution < 1.29 is 80.2 Å². The van der Waals surface area contributed by atoms with E-state index in [4.69, 9.17) is 37.0 Å². The minimum atomic E-state index is -4.96. The number of esters is 4. The van der Waals surface area contributed by atoms with Crippen LogP contribution < -0.4 is 0 Å². The van der Waals surface area contributed by atoms with Crippen LogP contribution in [0.4, 0.5) is 0 Å². The zero-order chi connectivity index (χ0) is 72.4. The van der Waals surface area contributed by atoms with E-state index in [0.29, 0.717) is 31.6 Å². The van der Waals surface area contributed by atoms with Crippen molar-refractivity contribution in [1.82, 2.24) is 0 Å². The van der Waals surface area contributed by atoms with Crippen LogP contribution in [0.5, 0.6) is 0 Å². The van der Waals surface area contributed by atoms with Crippen LogP contribution in [0, 0.1) is 23.7 Å². The van der Waals surface area contributed by atoms with Crippen molar-refractivity contribution in [2.75, 3.05) is 39.6 Å². The second kappa shape index (κ2) is 68.2. The van der Waals surface area contributed by atoms with Gasteiger partial charge in [0, 0.05) is 25.7 Å². The van der Waals surface area contributed by atoms with E-state index >= 15 is 0 Å². The minimum absolute atomic E-state index is 0.107. The summed E-state index contributed by atoms with van der Waals surface area (Å²) in [5.41, 5.74) is 0. The summed E-state index contributed by atoms with van der Waals surface area (Å²) in [4.78, 5) is 72.9. The van der Waals surface area contributed by atoms with Crippen LogP contribution in [0.2, 0.25) is 0 Å². The maximum atomic E-state index is 13.1. The van der Waals surface area contributed by atoms with Crippen LogP contribution in [-0.2, 0) is 65.4 Å². The van der Waals surface area contributed by atoms with Gasteiger partial charge in [-0.3, -0.25) is 37.3 Å². The number of rotatable bonds is 76. The Morgan fingerprint density at radius 3 is 0.633 bits per heavy atom. The Bertz CT molecular complexity index is 1920. The van der Waals surface area contributed by atoms with Crippen LogP contribution >= 0.6 is 15.6 Å². The Labute approximate surface area is 600 Å². The zero-order valence-electron chi connectivity index (χ0n) is 64.4. The smallest absolute Gasteiger partial charge is 0.462 e. The normalized spacial score (nSPS) is 14.1. The van der Waals surface area contributed by atoms with Gasteiger partial charge in [0.2, 0.25) is 0 Å². The molecule has 0 spiro atoms. The number of ether oxygens (including phenoxy) is 4. The lowest BCUT2D eigenvalue weighted by molar-refractivity contribution is -0.161. The predicted octanol–water partition coefficient (Wildman–Crippen LogP) is 23.2. The number of hydrogen-bond donors (Lipinski definition) is 3. The fourth-order valence-corrected chi connectivity index (χ4v) is 13.7. The quantitative estimate of drug-likeness (QED) is 0.0222. The number of aliphatic hydroxyl groups excluding tert-OH is 1. The molecule has 98 heavy (non-hydrogen) atoms. The minimum Gasteiger partial charge on any atom is -0.462 e. The molecule has 0 aromatic heterocycles. The van der Waals surface area contributed by atoms with E-state index in [0.717, 1.165) is 114 Å². The van der Waals surface area contributed by atoms with E-state index in [1.165, 1.54) is 199 Å². The first-order chi connectivity index (χ1) is 47.1. The SMILES string of the molecule is CC(C)CCCCCCCCCCCCCCCCCC(=O)O[C@H](COC(=O)CCCCCCCCCC(C)C)COP(=O)(O)OCC(O)COP(=O)(O)OC[C@@H](COC(=O)CCCCCCCCCCCCC(C)C)OC(=O)CCCCCCCCCCCCCCCCC(C)C. The molecule has 0 fully saturated rings. The maximum Gasteiger partial charge on any atom is 0.472 e. The summed E-state index contributed by atoms with van der Waals surface area (Å²) in [5.74, 6) is 0.944. The van der Waals surface area contributed by atoms with E-state index in [9.17, 15) is 43.2 Å². The highest BCUT2D eigenvalue weighted by molar-refractivity contribution is 7.47. The summed E-state index contributed by atoms with van der Waals surface area (Å²) in [6.45, 7) is 14.2. The van der Waals surface area contributed by atoms with Crippen LogP contribution in [0.1, 0.15) is 402 Å². The summed E-state index contributed by atoms with van der Waals surface area (Å²) >= 11 is 0. The number of hydrogen-bond acceptors (Lipinski definition) is 15. The van der Waals surface area contributed by atoms with Crippen LogP contribution in [0.25, 0.3) is 0 Å². The Morgan fingerprint density at radius 1 is 0.255 bits per heavy atom. The van der Waals surface area contributed by atoms with Gasteiger partial charge in [0.05, 0.1) is 26.4 Å². The Kier molecular flexibility index (Phi) is 66.8. The first-order valence-electron chi connectivity index (χ1n) is 40.7. The lowest BCUT2D eigenvalue weighted by atomic mass is 10.0. The molecule has 0 saturated heterocycles. The molecular formula is C79H154O17P2. The van der Waals surface area contributed by atoms with Gasteiger partial charge in [0.1, 0.15) is 19.3 Å². The molecule has 0 aromatic rings. The molecule has 0 aliphatic rings. The molecule has 0 aliphatic carbocycles. The average Bonchev–Trinajstić information content (AvgIpc) is 1.16. The highest BCUT2D eigenvalue weighted by Gasteiger charge is 2.30. The van der Waals surface area contributed by atoms with Gasteiger partial charge in [-0.2, -0.15) is 0 Å². The van der Waals surface area contributed by atoms with Crippen LogP contribution in [0.15, 0.2) is 0 Å². The molecule has 3 unspecified atom stereocenters. The molecule has 0 heterocycles. The molecular weight excluding hydrogens is 1280 g/mol. The molecule has 0 aromatic carbocycles. The summed E-state index contributed by atoms with van der Waals surface area (Å²) in [5, 5.41) is 10.6. The molecule has 582 valence electrons. The lowest BCUT2D eigenvalue weighted by Crippen LogP contribution is -2.30. The second-order valence-electron chi connectivity index (χ2n) is 30.4. The summed E-state index contributed by atoms with van der Waals surface area (Å²) < 4.78 is 68.6. The third kappa shape index (κ3) is 72.4. The van der Waals surface area contributed by atoms with Gasteiger partial charge in [0.15, 0.2) is 12.2 Å². The van der Waals surface area contributed by atoms with Gasteiger partial charge >= 0.3 is 39.5 Å². The third-order valence-corrected chi connectivity index (χ3v) is 20.2. The second-order valence-corrected chi connectivity index (χ2v) is 33.3. The first kappa shape index (κ1) is 96.1. The lowest BCUT2D eigenvalue weighted by Gasteiger charge is -2.21. The van der Waals surface area contributed by atoms with E-state index in [2.05, 4.69) is 55.4 Å². The van der Waals surface area contributed by atoms with Crippen molar-refractivity contribution in [2.24, 2.45) is 23.7 Å². The Balaban J connectivity index is 5.23. The Morgan fingerprint density at radius 2 is 0.429 bits per heavy atom. The maximum absolute atomic E-state index is 13.1. The van der Waals surface area contributed by atoms with E-state index in [-0.39, 0.29) is 25.7 Å². The van der Waals surface area contributed by atoms with Crippen molar-refractivity contribution in [1.29, 1.82) is 0 Å². The van der Waals surface area contributed by atoms with E-state index in [1.54, 1.807) is 0 Å². The Hall–Kier alpha value is -1.94. The topological polar surface area (TPSA) is 237 Å². The van der Waals surface area contributed by atoms with Gasteiger partial charge in [-0.1, -0.05) is 351 Å². The van der Waals surface area contributed by atoms with Crippen molar-refractivity contribution in [3.05, 3.63) is 0 Å². The van der Waals surface area contributed by atoms with Crippen molar-refractivity contribution in [3.63, 3.8) is 0 Å². The molecule has 3 N–H and O–H groups in total. The van der Waals surface area contributed by atoms with Gasteiger partial charge in [-0.15, -0.1) is 0 Å². The number of phosphoric acid groups is 2. The monoisotopic (exact) mass is 1440 g/mol. The van der Waals surface area contributed by atoms with Gasteiger partial charge < -0.3 is 33.8 Å². The molecule has 17 nitrogen and oxygen atoms in total. The summed E-state index contributed by atoms with van der Waals surface area (Å²) in [6.07, 6.45) is 54.2. The predicted molar refractivity (Wildman–Crippen MR) is 400 cm³/mol. The van der Waals surface area contributed by atoms with Crippen molar-refractivity contribution in [3.8, 4) is 0 Å². The number of phosphoric ester groups is 2. The number of unbranched alkanes of at least 4 members (excludes halogenated alkanes) is 42. The van der Waals surface area contributed by atoms with Crippen molar-refractivity contribution in [2.45, 2.75) is 420 Å². The number of carbonyl (C=O) groups is 4. The standard InChI is InChI=1S/C79H154O17P2/c1-69(2)55-47-39-31-24-18-14-10-9-11-16-20-28-36-45-53-61-79(84)96-75(66-90-77(82)60-52-44-38-30-34-42-50-58-72(7)8)68-94-98(87,88)92-64-73(80)63-91-97(85,86)93-67-74(65-89-76(81)59-51-43-35-27-23-22-26-33-41-49-57-71(5)6)95-78(83)62-54-46-37-29-21-17-13-12-15-19-25-32-40-48-56-70(3)4/h69-75,80H,9-68H2,1-8H3,(H,85,86)(H,87,88)/t73?,74-,75-/m1/s1. The summed E-state index contributed by atoms with van der Waals surface area (Å²) in [6, 6.07) is 0. The molecule has 5 atom stereocenters. The van der Waals surface area contributed by atoms with E-state index < -0.39 is 97.5 Å². The molecule has 19 heteroatoms. The van der Waals surface area contributed by atoms with Crippen LogP contribution in [-0.4, -0.2) is 96.7 Å². The highest BCUT2D eigenvalue weighted by Crippen LogP contribution is 2.45. The average molecular weight is 1440 g/mol. The van der Waals surface area contributed by atoms with Gasteiger partial charge in [-0.05, 0) is 49.4 Å². The van der Waals surface area contributed by atoms with Crippen molar-refractivity contribution >= 4 is 39.5 Å².